The molecule has 0 amide bonds. The van der Waals surface area contributed by atoms with Gasteiger partial charge in [0.1, 0.15) is 0 Å². The van der Waals surface area contributed by atoms with E-state index < -0.39 is 11.7 Å². The van der Waals surface area contributed by atoms with Crippen molar-refractivity contribution in [3.63, 3.8) is 0 Å². The van der Waals surface area contributed by atoms with Crippen molar-refractivity contribution in [1.29, 1.82) is 0 Å². The van der Waals surface area contributed by atoms with Crippen LogP contribution in [0.5, 0.6) is 0 Å². The fourth-order valence-electron chi connectivity index (χ4n) is 9.11. The van der Waals surface area contributed by atoms with Gasteiger partial charge in [-0.05, 0) is 118 Å². The first kappa shape index (κ1) is 24.9. The van der Waals surface area contributed by atoms with Gasteiger partial charge in [-0.15, -0.1) is 0 Å². The average Bonchev–Trinajstić information content (AvgIpc) is 3.06. The summed E-state index contributed by atoms with van der Waals surface area (Å²) in [5, 5.41) is 53.7. The molecular weight excluding hydrogens is 404 g/mol. The second-order valence-electron chi connectivity index (χ2n) is 13.2. The van der Waals surface area contributed by atoms with Crippen LogP contribution in [-0.4, -0.2) is 55.5 Å². The van der Waals surface area contributed by atoms with Crippen LogP contribution in [0.2, 0.25) is 0 Å². The fourth-order valence-corrected chi connectivity index (χ4v) is 9.11. The highest BCUT2D eigenvalue weighted by Crippen LogP contribution is 2.68. The zero-order chi connectivity index (χ0) is 23.6. The molecule has 4 fully saturated rings. The number of hydrogen-bond donors (Lipinski definition) is 5. The van der Waals surface area contributed by atoms with Gasteiger partial charge in [0.25, 0.3) is 0 Å². The number of rotatable bonds is 5. The van der Waals surface area contributed by atoms with Crippen LogP contribution in [0, 0.1) is 46.3 Å². The van der Waals surface area contributed by atoms with E-state index >= 15 is 0 Å². The van der Waals surface area contributed by atoms with Crippen LogP contribution in [-0.2, 0) is 0 Å². The van der Waals surface area contributed by atoms with E-state index in [-0.39, 0.29) is 35.1 Å². The number of hydrogen-bond acceptors (Lipinski definition) is 5. The molecule has 0 saturated heterocycles. The molecule has 0 aromatic rings. The van der Waals surface area contributed by atoms with Gasteiger partial charge in [-0.1, -0.05) is 20.8 Å². The third kappa shape index (κ3) is 3.88. The van der Waals surface area contributed by atoms with Crippen molar-refractivity contribution in [2.75, 3.05) is 0 Å². The zero-order valence-corrected chi connectivity index (χ0v) is 20.9. The summed E-state index contributed by atoms with van der Waals surface area (Å²) in [4.78, 5) is 0. The second-order valence-corrected chi connectivity index (χ2v) is 13.2. The van der Waals surface area contributed by atoms with Crippen LogP contribution in [0.15, 0.2) is 0 Å². The normalized spacial score (nSPS) is 50.8. The monoisotopic (exact) mass is 452 g/mol. The first-order valence-corrected chi connectivity index (χ1v) is 13.2. The highest BCUT2D eigenvalue weighted by atomic mass is 16.3. The summed E-state index contributed by atoms with van der Waals surface area (Å²) in [6, 6.07) is 0. The largest absolute Gasteiger partial charge is 0.393 e. The van der Waals surface area contributed by atoms with E-state index in [0.717, 1.165) is 51.4 Å². The molecule has 0 radical (unpaired) electrons. The summed E-state index contributed by atoms with van der Waals surface area (Å²) in [6.07, 6.45) is 5.98. The summed E-state index contributed by atoms with van der Waals surface area (Å²) in [6.45, 7) is 10.2. The first-order valence-electron chi connectivity index (χ1n) is 13.2. The maximum absolute atomic E-state index is 11.6. The summed E-state index contributed by atoms with van der Waals surface area (Å²) < 4.78 is 0. The first-order chi connectivity index (χ1) is 14.8. The van der Waals surface area contributed by atoms with Crippen LogP contribution in [0.1, 0.15) is 92.4 Å². The van der Waals surface area contributed by atoms with Crippen molar-refractivity contribution in [3.05, 3.63) is 0 Å². The van der Waals surface area contributed by atoms with Gasteiger partial charge >= 0.3 is 0 Å². The van der Waals surface area contributed by atoms with Gasteiger partial charge in [-0.25, -0.2) is 0 Å². The summed E-state index contributed by atoms with van der Waals surface area (Å²) in [5.41, 5.74) is -1.20. The van der Waals surface area contributed by atoms with Crippen LogP contribution < -0.4 is 0 Å². The van der Waals surface area contributed by atoms with Crippen LogP contribution in [0.25, 0.3) is 0 Å². The molecule has 0 aromatic heterocycles. The molecular formula is C27H48O5. The highest BCUT2D eigenvalue weighted by molar-refractivity contribution is 5.14. The van der Waals surface area contributed by atoms with Crippen LogP contribution >= 0.6 is 0 Å². The molecule has 5 nitrogen and oxygen atoms in total. The second kappa shape index (κ2) is 8.48. The van der Waals surface area contributed by atoms with Gasteiger partial charge < -0.3 is 25.5 Å². The Morgan fingerprint density at radius 2 is 1.62 bits per heavy atom. The summed E-state index contributed by atoms with van der Waals surface area (Å²) >= 11 is 0. The third-order valence-corrected chi connectivity index (χ3v) is 11.2. The van der Waals surface area contributed by atoms with Crippen molar-refractivity contribution < 1.29 is 25.5 Å². The van der Waals surface area contributed by atoms with Crippen molar-refractivity contribution in [2.45, 2.75) is 122 Å². The topological polar surface area (TPSA) is 101 Å². The Balaban J connectivity index is 1.54. The van der Waals surface area contributed by atoms with E-state index in [9.17, 15) is 25.5 Å². The lowest BCUT2D eigenvalue weighted by molar-refractivity contribution is -0.207. The minimum absolute atomic E-state index is 0.103. The minimum Gasteiger partial charge on any atom is -0.393 e. The molecule has 4 saturated carbocycles. The van der Waals surface area contributed by atoms with E-state index in [1.807, 2.05) is 0 Å². The molecule has 0 spiro atoms. The highest BCUT2D eigenvalue weighted by Gasteiger charge is 2.65. The van der Waals surface area contributed by atoms with Crippen molar-refractivity contribution in [3.8, 4) is 0 Å². The molecule has 0 aromatic carbocycles. The SMILES string of the molecule is CC(CCC(O)C(C)(C)O)C1CCC2C3C(O)CC4CC(O)CCC4(C)C3CC(O)C12C. The Kier molecular flexibility index (Phi) is 6.60. The van der Waals surface area contributed by atoms with Gasteiger partial charge in [0.2, 0.25) is 0 Å². The number of fused-ring (bicyclic) bond motifs is 5. The van der Waals surface area contributed by atoms with E-state index in [2.05, 4.69) is 20.8 Å². The molecule has 186 valence electrons. The lowest BCUT2D eigenvalue weighted by atomic mass is 9.43. The lowest BCUT2D eigenvalue weighted by Gasteiger charge is -2.63. The molecule has 5 heteroatoms. The minimum atomic E-state index is -1.09. The van der Waals surface area contributed by atoms with Gasteiger partial charge in [0, 0.05) is 0 Å². The molecule has 5 N–H and O–H groups in total. The standard InChI is InChI=1S/C27H48O5/c1-15(6-9-22(30)25(2,3)32)18-7-8-19-24-20(14-23(31)27(18,19)5)26(4)11-10-17(28)12-16(26)13-21(24)29/h15-24,28-32H,6-14H2,1-5H3. The van der Waals surface area contributed by atoms with Gasteiger partial charge in [0.15, 0.2) is 0 Å². The average molecular weight is 453 g/mol. The molecule has 4 aliphatic rings. The van der Waals surface area contributed by atoms with E-state index in [4.69, 9.17) is 0 Å². The predicted octanol–water partition coefficient (Wildman–Crippen LogP) is 3.50. The lowest BCUT2D eigenvalue weighted by Crippen LogP contribution is -2.62. The fraction of sp³-hybridized carbons (Fsp3) is 1.00. The maximum Gasteiger partial charge on any atom is 0.0849 e. The van der Waals surface area contributed by atoms with Crippen LogP contribution in [0.4, 0.5) is 0 Å². The molecule has 4 aliphatic carbocycles. The Morgan fingerprint density at radius 1 is 0.938 bits per heavy atom. The Hall–Kier alpha value is -0.200. The Morgan fingerprint density at radius 3 is 2.28 bits per heavy atom. The van der Waals surface area contributed by atoms with Gasteiger partial charge in [-0.2, -0.15) is 0 Å². The quantitative estimate of drug-likeness (QED) is 0.440. The molecule has 4 rings (SSSR count). The van der Waals surface area contributed by atoms with Crippen molar-refractivity contribution in [1.82, 2.24) is 0 Å². The van der Waals surface area contributed by atoms with E-state index in [1.165, 1.54) is 0 Å². The molecule has 32 heavy (non-hydrogen) atoms. The smallest absolute Gasteiger partial charge is 0.0849 e. The molecule has 12 unspecified atom stereocenters. The predicted molar refractivity (Wildman–Crippen MR) is 125 cm³/mol. The molecule has 12 atom stereocenters. The molecule has 0 bridgehead atoms. The van der Waals surface area contributed by atoms with Crippen LogP contribution in [0.3, 0.4) is 0 Å². The Labute approximate surface area is 194 Å². The van der Waals surface area contributed by atoms with Gasteiger partial charge in [-0.3, -0.25) is 0 Å². The number of aliphatic hydroxyl groups excluding tert-OH is 4. The zero-order valence-electron chi connectivity index (χ0n) is 20.9. The van der Waals surface area contributed by atoms with E-state index in [1.54, 1.807) is 13.8 Å². The number of aliphatic hydroxyl groups is 5. The molecule has 0 aliphatic heterocycles. The third-order valence-electron chi connectivity index (χ3n) is 11.2. The summed E-state index contributed by atoms with van der Waals surface area (Å²) in [7, 11) is 0. The van der Waals surface area contributed by atoms with Gasteiger partial charge in [0.05, 0.1) is 30.0 Å². The van der Waals surface area contributed by atoms with E-state index in [0.29, 0.717) is 36.0 Å². The maximum atomic E-state index is 11.6. The Bertz CT molecular complexity index is 675. The van der Waals surface area contributed by atoms with Crippen molar-refractivity contribution >= 4 is 0 Å². The molecule has 0 heterocycles. The van der Waals surface area contributed by atoms with Crippen molar-refractivity contribution in [2.24, 2.45) is 46.3 Å². The summed E-state index contributed by atoms with van der Waals surface area (Å²) in [5.74, 6) is 1.94.